The lowest BCUT2D eigenvalue weighted by Gasteiger charge is -2.25. The molecule has 0 bridgehead atoms. The van der Waals surface area contributed by atoms with E-state index in [1.54, 1.807) is 23.5 Å². The molecule has 0 amide bonds. The van der Waals surface area contributed by atoms with Gasteiger partial charge in [-0.3, -0.25) is 4.79 Å². The molecule has 4 heteroatoms. The minimum absolute atomic E-state index is 0.241. The lowest BCUT2D eigenvalue weighted by Crippen LogP contribution is -2.09. The van der Waals surface area contributed by atoms with Gasteiger partial charge < -0.3 is 10.0 Å². The van der Waals surface area contributed by atoms with Gasteiger partial charge in [0.05, 0.1) is 0 Å². The van der Waals surface area contributed by atoms with Gasteiger partial charge in [0.25, 0.3) is 0 Å². The number of nitrogens with zero attached hydrogens (tertiary/aromatic N) is 1. The predicted octanol–water partition coefficient (Wildman–Crippen LogP) is 7.62. The van der Waals surface area contributed by atoms with Crippen LogP contribution in [0.3, 0.4) is 0 Å². The maximum atomic E-state index is 11.7. The topological polar surface area (TPSA) is 40.5 Å². The Morgan fingerprint density at radius 3 is 1.52 bits per heavy atom. The van der Waals surface area contributed by atoms with E-state index >= 15 is 0 Å². The first-order chi connectivity index (χ1) is 16.2. The number of rotatable bonds is 5. The standard InChI is InChI=1S/C29H21NO2S/c31-26-17-13-22(14-18-27(26)32)29-20-19-28(33-29)21-11-15-25(16-12-21)30(23-7-3-1-4-8-23)24-9-5-2-6-10-24/h1-20H,(H,31,32). The van der Waals surface area contributed by atoms with Crippen LogP contribution in [0.4, 0.5) is 17.1 Å². The lowest BCUT2D eigenvalue weighted by atomic mass is 10.1. The number of para-hydroxylation sites is 2. The first-order valence-electron chi connectivity index (χ1n) is 10.6. The fraction of sp³-hybridized carbons (Fsp3) is 0. The molecule has 0 aliphatic heterocycles. The molecule has 3 nitrogen and oxygen atoms in total. The Balaban J connectivity index is 1.47. The molecule has 0 saturated heterocycles. The largest absolute Gasteiger partial charge is 0.504 e. The molecular weight excluding hydrogens is 426 g/mol. The average Bonchev–Trinajstić information content (AvgIpc) is 3.29. The highest BCUT2D eigenvalue weighted by atomic mass is 32.1. The molecule has 0 fully saturated rings. The van der Waals surface area contributed by atoms with Crippen molar-refractivity contribution < 1.29 is 5.11 Å². The number of benzene rings is 3. The SMILES string of the molecule is O=c1ccc(-c2ccc(-c3ccc(N(c4ccccc4)c4ccccc4)cc3)s2)ccc1O. The number of hydrogen-bond donors (Lipinski definition) is 1. The number of thiophene rings is 1. The smallest absolute Gasteiger partial charge is 0.220 e. The van der Waals surface area contributed by atoms with E-state index in [2.05, 4.69) is 59.5 Å². The van der Waals surface area contributed by atoms with Crippen LogP contribution >= 0.6 is 11.3 Å². The van der Waals surface area contributed by atoms with Gasteiger partial charge in [-0.2, -0.15) is 0 Å². The van der Waals surface area contributed by atoms with Crippen LogP contribution in [0.15, 0.2) is 126 Å². The van der Waals surface area contributed by atoms with Gasteiger partial charge in [-0.1, -0.05) is 48.5 Å². The lowest BCUT2D eigenvalue weighted by molar-refractivity contribution is 0.471. The molecule has 1 heterocycles. The third kappa shape index (κ3) is 4.43. The van der Waals surface area contributed by atoms with Gasteiger partial charge in [0.15, 0.2) is 5.75 Å². The minimum Gasteiger partial charge on any atom is -0.504 e. The van der Waals surface area contributed by atoms with Gasteiger partial charge in [-0.05, 0) is 83.9 Å². The van der Waals surface area contributed by atoms with Crippen molar-refractivity contribution in [2.24, 2.45) is 0 Å². The van der Waals surface area contributed by atoms with Gasteiger partial charge >= 0.3 is 0 Å². The number of aromatic hydroxyl groups is 1. The third-order valence-corrected chi connectivity index (χ3v) is 6.60. The van der Waals surface area contributed by atoms with Crippen LogP contribution in [0, 0.1) is 0 Å². The third-order valence-electron chi connectivity index (χ3n) is 5.42. The van der Waals surface area contributed by atoms with Crippen molar-refractivity contribution in [3.63, 3.8) is 0 Å². The molecule has 0 spiro atoms. The maximum Gasteiger partial charge on any atom is 0.220 e. The summed E-state index contributed by atoms with van der Waals surface area (Å²) >= 11 is 1.66. The molecule has 0 unspecified atom stereocenters. The van der Waals surface area contributed by atoms with Crippen molar-refractivity contribution in [2.75, 3.05) is 4.90 Å². The second kappa shape index (κ2) is 9.15. The zero-order valence-corrected chi connectivity index (χ0v) is 18.6. The normalized spacial score (nSPS) is 10.7. The first-order valence-corrected chi connectivity index (χ1v) is 11.4. The molecule has 33 heavy (non-hydrogen) atoms. The molecule has 0 saturated carbocycles. The summed E-state index contributed by atoms with van der Waals surface area (Å²) < 4.78 is 0. The van der Waals surface area contributed by atoms with E-state index in [9.17, 15) is 9.90 Å². The zero-order valence-electron chi connectivity index (χ0n) is 17.8. The van der Waals surface area contributed by atoms with Gasteiger partial charge in [0.1, 0.15) is 0 Å². The van der Waals surface area contributed by atoms with E-state index in [-0.39, 0.29) is 11.2 Å². The van der Waals surface area contributed by atoms with Crippen LogP contribution < -0.4 is 10.3 Å². The van der Waals surface area contributed by atoms with Crippen LogP contribution in [-0.4, -0.2) is 5.11 Å². The Labute approximate surface area is 196 Å². The van der Waals surface area contributed by atoms with Crippen LogP contribution in [0.1, 0.15) is 0 Å². The van der Waals surface area contributed by atoms with Crippen LogP contribution in [-0.2, 0) is 0 Å². The van der Waals surface area contributed by atoms with Crippen molar-refractivity contribution in [3.05, 3.63) is 132 Å². The first kappa shape index (κ1) is 20.7. The highest BCUT2D eigenvalue weighted by Crippen LogP contribution is 2.38. The van der Waals surface area contributed by atoms with E-state index in [0.29, 0.717) is 0 Å². The van der Waals surface area contributed by atoms with Crippen molar-refractivity contribution in [1.82, 2.24) is 0 Å². The number of hydrogen-bond acceptors (Lipinski definition) is 4. The quantitative estimate of drug-likeness (QED) is 0.301. The maximum absolute atomic E-state index is 11.7. The molecule has 0 radical (unpaired) electrons. The van der Waals surface area contributed by atoms with Gasteiger partial charge in [-0.25, -0.2) is 0 Å². The molecule has 0 aliphatic rings. The Kier molecular flexibility index (Phi) is 5.75. The number of anilines is 3. The van der Waals surface area contributed by atoms with E-state index in [4.69, 9.17) is 0 Å². The molecule has 4 aromatic carbocycles. The summed E-state index contributed by atoms with van der Waals surface area (Å²) in [4.78, 5) is 16.1. The van der Waals surface area contributed by atoms with Crippen LogP contribution in [0.25, 0.3) is 20.9 Å². The fourth-order valence-corrected chi connectivity index (χ4v) is 4.76. The summed E-state index contributed by atoms with van der Waals surface area (Å²) in [6, 6.07) is 39.7. The van der Waals surface area contributed by atoms with Crippen LogP contribution in [0.5, 0.6) is 5.75 Å². The highest BCUT2D eigenvalue weighted by Gasteiger charge is 2.12. The highest BCUT2D eigenvalue weighted by molar-refractivity contribution is 7.18. The molecule has 5 aromatic rings. The van der Waals surface area contributed by atoms with E-state index in [0.717, 1.165) is 37.9 Å². The van der Waals surface area contributed by atoms with Gasteiger partial charge in [0, 0.05) is 26.8 Å². The second-order valence-corrected chi connectivity index (χ2v) is 8.67. The van der Waals surface area contributed by atoms with Crippen molar-refractivity contribution in [2.45, 2.75) is 0 Å². The molecular formula is C29H21NO2S. The predicted molar refractivity (Wildman–Crippen MR) is 138 cm³/mol. The average molecular weight is 448 g/mol. The van der Waals surface area contributed by atoms with Crippen LogP contribution in [0.2, 0.25) is 0 Å². The van der Waals surface area contributed by atoms with Crippen molar-refractivity contribution >= 4 is 28.4 Å². The Morgan fingerprint density at radius 1 is 0.515 bits per heavy atom. The van der Waals surface area contributed by atoms with Gasteiger partial charge in [0.2, 0.25) is 5.43 Å². The van der Waals surface area contributed by atoms with Crippen molar-refractivity contribution in [3.8, 4) is 26.6 Å². The Bertz CT molecular complexity index is 1390. The van der Waals surface area contributed by atoms with Crippen molar-refractivity contribution in [1.29, 1.82) is 0 Å². The Hall–Kier alpha value is -4.15. The molecule has 5 rings (SSSR count). The summed E-state index contributed by atoms with van der Waals surface area (Å²) in [6.07, 6.45) is 0. The summed E-state index contributed by atoms with van der Waals surface area (Å²) in [7, 11) is 0. The van der Waals surface area contributed by atoms with Gasteiger partial charge in [-0.15, -0.1) is 11.3 Å². The zero-order chi connectivity index (χ0) is 22.6. The molecule has 1 aromatic heterocycles. The van der Waals surface area contributed by atoms with E-state index in [1.165, 1.54) is 12.1 Å². The fourth-order valence-electron chi connectivity index (χ4n) is 3.75. The Morgan fingerprint density at radius 2 is 0.970 bits per heavy atom. The second-order valence-electron chi connectivity index (χ2n) is 7.59. The van der Waals surface area contributed by atoms with E-state index < -0.39 is 0 Å². The molecule has 0 atom stereocenters. The molecule has 1 N–H and O–H groups in total. The molecule has 0 aliphatic carbocycles. The summed E-state index contributed by atoms with van der Waals surface area (Å²) in [5.74, 6) is -0.241. The summed E-state index contributed by atoms with van der Waals surface area (Å²) in [5.41, 5.74) is 4.94. The van der Waals surface area contributed by atoms with E-state index in [1.807, 2.05) is 42.5 Å². The summed E-state index contributed by atoms with van der Waals surface area (Å²) in [6.45, 7) is 0. The minimum atomic E-state index is -0.380. The monoisotopic (exact) mass is 447 g/mol. The summed E-state index contributed by atoms with van der Waals surface area (Å²) in [5, 5.41) is 9.66. The molecule has 160 valence electrons.